The van der Waals surface area contributed by atoms with Gasteiger partial charge in [0.2, 0.25) is 0 Å². The lowest BCUT2D eigenvalue weighted by molar-refractivity contribution is 0.253. The molecule has 0 amide bonds. The Morgan fingerprint density at radius 1 is 1.57 bits per heavy atom. The van der Waals surface area contributed by atoms with Crippen LogP contribution in [0.15, 0.2) is 18.2 Å². The second-order valence-electron chi connectivity index (χ2n) is 3.55. The van der Waals surface area contributed by atoms with Gasteiger partial charge in [0.25, 0.3) is 0 Å². The second kappa shape index (κ2) is 3.96. The lowest BCUT2D eigenvalue weighted by Gasteiger charge is -2.25. The Morgan fingerprint density at radius 2 is 2.43 bits per heavy atom. The number of halogens is 1. The topological polar surface area (TPSA) is 21.3 Å². The molecule has 2 rings (SSSR count). The number of hydrogen-bond acceptors (Lipinski definition) is 2. The van der Waals surface area contributed by atoms with E-state index < -0.39 is 0 Å². The highest BCUT2D eigenvalue weighted by atomic mass is 19.1. The standard InChI is InChI=1S/C11H14FNO/c1-13-7-8-5-6-14-11-9(8)3-2-4-10(11)12/h2-4,8,13H,5-7H2,1H3. The summed E-state index contributed by atoms with van der Waals surface area (Å²) in [6.07, 6.45) is 0.956. The van der Waals surface area contributed by atoms with Crippen molar-refractivity contribution in [3.63, 3.8) is 0 Å². The fraction of sp³-hybridized carbons (Fsp3) is 0.455. The molecular formula is C11H14FNO. The third kappa shape index (κ3) is 1.60. The van der Waals surface area contributed by atoms with E-state index in [0.29, 0.717) is 18.3 Å². The number of ether oxygens (including phenoxy) is 1. The zero-order chi connectivity index (χ0) is 9.97. The van der Waals surface area contributed by atoms with Gasteiger partial charge in [0.15, 0.2) is 11.6 Å². The summed E-state index contributed by atoms with van der Waals surface area (Å²) in [6, 6.07) is 5.13. The summed E-state index contributed by atoms with van der Waals surface area (Å²) < 4.78 is 18.7. The number of hydrogen-bond donors (Lipinski definition) is 1. The van der Waals surface area contributed by atoms with E-state index in [2.05, 4.69) is 5.32 Å². The smallest absolute Gasteiger partial charge is 0.165 e. The van der Waals surface area contributed by atoms with E-state index in [9.17, 15) is 4.39 Å². The average Bonchev–Trinajstić information content (AvgIpc) is 2.20. The van der Waals surface area contributed by atoms with Crippen molar-refractivity contribution in [2.45, 2.75) is 12.3 Å². The zero-order valence-electron chi connectivity index (χ0n) is 8.22. The lowest BCUT2D eigenvalue weighted by atomic mass is 9.93. The van der Waals surface area contributed by atoms with Crippen LogP contribution in [-0.2, 0) is 0 Å². The number of para-hydroxylation sites is 1. The van der Waals surface area contributed by atoms with Gasteiger partial charge in [-0.2, -0.15) is 0 Å². The quantitative estimate of drug-likeness (QED) is 0.778. The van der Waals surface area contributed by atoms with Gasteiger partial charge in [-0.1, -0.05) is 12.1 Å². The van der Waals surface area contributed by atoms with Gasteiger partial charge in [0.1, 0.15) is 0 Å². The van der Waals surface area contributed by atoms with Crippen molar-refractivity contribution in [2.24, 2.45) is 0 Å². The predicted molar refractivity (Wildman–Crippen MR) is 53.2 cm³/mol. The predicted octanol–water partition coefficient (Wildman–Crippen LogP) is 1.91. The van der Waals surface area contributed by atoms with Gasteiger partial charge in [-0.05, 0) is 19.5 Å². The number of rotatable bonds is 2. The number of fused-ring (bicyclic) bond motifs is 1. The molecule has 0 aliphatic carbocycles. The largest absolute Gasteiger partial charge is 0.490 e. The van der Waals surface area contributed by atoms with E-state index in [1.54, 1.807) is 6.07 Å². The van der Waals surface area contributed by atoms with Crippen molar-refractivity contribution in [1.29, 1.82) is 0 Å². The van der Waals surface area contributed by atoms with Gasteiger partial charge < -0.3 is 10.1 Å². The highest BCUT2D eigenvalue weighted by molar-refractivity contribution is 5.39. The van der Waals surface area contributed by atoms with Gasteiger partial charge in [-0.15, -0.1) is 0 Å². The highest BCUT2D eigenvalue weighted by Gasteiger charge is 2.22. The van der Waals surface area contributed by atoms with Crippen LogP contribution in [0.4, 0.5) is 4.39 Å². The number of likely N-dealkylation sites (N-methyl/N-ethyl adjacent to an activating group) is 1. The molecule has 0 saturated carbocycles. The first-order chi connectivity index (χ1) is 6.83. The van der Waals surface area contributed by atoms with Crippen LogP contribution in [0, 0.1) is 5.82 Å². The zero-order valence-corrected chi connectivity index (χ0v) is 8.22. The van der Waals surface area contributed by atoms with Crippen LogP contribution in [0.1, 0.15) is 17.9 Å². The van der Waals surface area contributed by atoms with E-state index in [1.807, 2.05) is 13.1 Å². The number of benzene rings is 1. The summed E-state index contributed by atoms with van der Waals surface area (Å²) in [5.74, 6) is 0.571. The summed E-state index contributed by atoms with van der Waals surface area (Å²) >= 11 is 0. The summed E-state index contributed by atoms with van der Waals surface area (Å²) in [4.78, 5) is 0. The number of nitrogens with one attached hydrogen (secondary N) is 1. The molecule has 1 aliphatic heterocycles. The van der Waals surface area contributed by atoms with Gasteiger partial charge in [-0.25, -0.2) is 4.39 Å². The van der Waals surface area contributed by atoms with E-state index in [1.165, 1.54) is 6.07 Å². The summed E-state index contributed by atoms with van der Waals surface area (Å²) in [5, 5.41) is 3.12. The van der Waals surface area contributed by atoms with E-state index in [-0.39, 0.29) is 5.82 Å². The monoisotopic (exact) mass is 195 g/mol. The Balaban J connectivity index is 2.34. The molecule has 2 nitrogen and oxygen atoms in total. The van der Waals surface area contributed by atoms with Crippen LogP contribution in [0.5, 0.6) is 5.75 Å². The van der Waals surface area contributed by atoms with Gasteiger partial charge >= 0.3 is 0 Å². The van der Waals surface area contributed by atoms with E-state index in [0.717, 1.165) is 18.5 Å². The van der Waals surface area contributed by atoms with Gasteiger partial charge in [0, 0.05) is 18.0 Å². The van der Waals surface area contributed by atoms with Crippen molar-refractivity contribution >= 4 is 0 Å². The Kier molecular flexibility index (Phi) is 2.68. The van der Waals surface area contributed by atoms with Crippen molar-refractivity contribution in [1.82, 2.24) is 5.32 Å². The SMILES string of the molecule is CNCC1CCOc2c(F)cccc21. The molecule has 3 heteroatoms. The van der Waals surface area contributed by atoms with Crippen LogP contribution in [0.3, 0.4) is 0 Å². The molecule has 1 atom stereocenters. The third-order valence-corrected chi connectivity index (χ3v) is 2.60. The first kappa shape index (κ1) is 9.46. The molecule has 1 unspecified atom stereocenters. The van der Waals surface area contributed by atoms with E-state index >= 15 is 0 Å². The molecule has 1 heterocycles. The van der Waals surface area contributed by atoms with Gasteiger partial charge in [-0.3, -0.25) is 0 Å². The maximum absolute atomic E-state index is 13.3. The minimum absolute atomic E-state index is 0.247. The molecule has 76 valence electrons. The fourth-order valence-electron chi connectivity index (χ4n) is 1.92. The van der Waals surface area contributed by atoms with Crippen molar-refractivity contribution in [3.05, 3.63) is 29.6 Å². The van der Waals surface area contributed by atoms with Crippen molar-refractivity contribution in [2.75, 3.05) is 20.2 Å². The van der Waals surface area contributed by atoms with Gasteiger partial charge in [0.05, 0.1) is 6.61 Å². The second-order valence-corrected chi connectivity index (χ2v) is 3.55. The first-order valence-electron chi connectivity index (χ1n) is 4.88. The molecule has 0 fully saturated rings. The summed E-state index contributed by atoms with van der Waals surface area (Å²) in [6.45, 7) is 1.49. The average molecular weight is 195 g/mol. The van der Waals surface area contributed by atoms with Crippen LogP contribution < -0.4 is 10.1 Å². The third-order valence-electron chi connectivity index (χ3n) is 2.60. The molecule has 14 heavy (non-hydrogen) atoms. The van der Waals surface area contributed by atoms with Crippen molar-refractivity contribution in [3.8, 4) is 5.75 Å². The Bertz CT molecular complexity index is 327. The Hall–Kier alpha value is -1.09. The molecule has 1 aliphatic rings. The summed E-state index contributed by atoms with van der Waals surface area (Å²) in [5.41, 5.74) is 0.991. The van der Waals surface area contributed by atoms with Crippen LogP contribution in [-0.4, -0.2) is 20.2 Å². The Labute approximate surface area is 83.1 Å². The molecule has 0 spiro atoms. The minimum atomic E-state index is -0.247. The Morgan fingerprint density at radius 3 is 3.21 bits per heavy atom. The normalized spacial score (nSPS) is 20.0. The van der Waals surface area contributed by atoms with Crippen LogP contribution in [0.25, 0.3) is 0 Å². The molecule has 1 N–H and O–H groups in total. The molecule has 1 aromatic rings. The maximum Gasteiger partial charge on any atom is 0.165 e. The molecular weight excluding hydrogens is 181 g/mol. The van der Waals surface area contributed by atoms with E-state index in [4.69, 9.17) is 4.74 Å². The first-order valence-corrected chi connectivity index (χ1v) is 4.88. The summed E-state index contributed by atoms with van der Waals surface area (Å²) in [7, 11) is 1.91. The van der Waals surface area contributed by atoms with Crippen LogP contribution >= 0.6 is 0 Å². The van der Waals surface area contributed by atoms with Crippen LogP contribution in [0.2, 0.25) is 0 Å². The minimum Gasteiger partial charge on any atom is -0.490 e. The molecule has 0 bridgehead atoms. The fourth-order valence-corrected chi connectivity index (χ4v) is 1.92. The maximum atomic E-state index is 13.3. The highest BCUT2D eigenvalue weighted by Crippen LogP contribution is 2.34. The molecule has 0 saturated heterocycles. The lowest BCUT2D eigenvalue weighted by Crippen LogP contribution is -2.23. The molecule has 0 aromatic heterocycles. The van der Waals surface area contributed by atoms with Crippen molar-refractivity contribution < 1.29 is 9.13 Å². The molecule has 1 aromatic carbocycles. The molecule has 0 radical (unpaired) electrons.